The zero-order chi connectivity index (χ0) is 85.9. The minimum Gasteiger partial charge on any atom is -0.355 e. The molecule has 7 aromatic carbocycles. The summed E-state index contributed by atoms with van der Waals surface area (Å²) >= 11 is 0. The van der Waals surface area contributed by atoms with E-state index in [1.807, 2.05) is 67.6 Å². The summed E-state index contributed by atoms with van der Waals surface area (Å²) < 4.78 is 154. The molecule has 2 unspecified atom stereocenters. The predicted octanol–water partition coefficient (Wildman–Crippen LogP) is 18.9. The van der Waals surface area contributed by atoms with Crippen LogP contribution in [0.25, 0.3) is 39.1 Å². The van der Waals surface area contributed by atoms with Crippen LogP contribution in [0.2, 0.25) is 0 Å². The second-order valence-electron chi connectivity index (χ2n) is 30.1. The fourth-order valence-corrected chi connectivity index (χ4v) is 14.8. The van der Waals surface area contributed by atoms with Gasteiger partial charge in [0.25, 0.3) is 5.91 Å². The van der Waals surface area contributed by atoms with Crippen molar-refractivity contribution in [1.82, 2.24) is 50.7 Å². The summed E-state index contributed by atoms with van der Waals surface area (Å²) in [7, 11) is 1.41. The molecule has 616 valence electrons. The van der Waals surface area contributed by atoms with Crippen molar-refractivity contribution in [1.29, 1.82) is 0 Å². The number of Topliss-reactive ketones (excluding diaryl/α,β-unsaturated/α-hetero) is 2. The van der Waals surface area contributed by atoms with Crippen molar-refractivity contribution in [2.45, 2.75) is 122 Å². The quantitative estimate of drug-likeness (QED) is 0.0295. The molecule has 120 heavy (non-hydrogen) atoms. The van der Waals surface area contributed by atoms with E-state index >= 15 is 0 Å². The number of aryl methyl sites for hydroxylation is 1. The van der Waals surface area contributed by atoms with Crippen LogP contribution in [0.3, 0.4) is 0 Å². The van der Waals surface area contributed by atoms with Gasteiger partial charge in [-0.15, -0.1) is 0 Å². The molecule has 1 fully saturated rings. The average molecular weight is 1640 g/mol. The summed E-state index contributed by atoms with van der Waals surface area (Å²) in [6.45, 7) is 8.53. The number of aromatic amines is 1. The maximum atomic E-state index is 14.6. The summed E-state index contributed by atoms with van der Waals surface area (Å²) in [4.78, 5) is 98.6. The number of allylic oxidation sites excluding steroid dienone is 2. The number of halogens is 11. The highest BCUT2D eigenvalue weighted by molar-refractivity contribution is 5.99. The zero-order valence-electron chi connectivity index (χ0n) is 65.8. The molecule has 12 aromatic rings. The standard InChI is InChI=1S/C32H30F6N4O2.C31H26F3N3O2.C30H25F2N3O2/c1-17(2)29(42-11-9-27(41-42)32(36,37)38)31(44)40-26(14-19-12-21(33)16-22(34)13-19)28-23(6-5-10-39-28)20-7-8-25(35)24(15-20)30(43)18(3)4;1-35-29(38)25-17-20(9-10-26(25)34)24-8-5-13-36-28(24)27(16-19-14-22(32)18-23(33)15-19)37-30(39)31(11-12-31)21-6-3-2-4-7-21;1-18-2-4-21(5-3-18)29-30(34-11-10-33-29)23(12-19-13-24(31)17-25(32)14-19)16-26(36)15-22-7-6-20-8-9-27(37)35-28(20)22/h5-13,15-18,26,29H,14H2,1-4H3,(H,40,44);2-10,13-15,17-18,27H,11-12,16H2,1H3,(H,35,38)(H,37,39);2-5,7-11,13-14,17,23H,6,12,15-16H2,1H3,(H,35,37)/t26-,29?;27-;/m00./s1. The lowest BCUT2D eigenvalue weighted by atomic mass is 9.87. The molecular weight excluding hydrogens is 1560 g/mol. The normalized spacial score (nSPS) is 13.6. The molecule has 4 atom stereocenters. The van der Waals surface area contributed by atoms with Crippen LogP contribution < -0.4 is 21.5 Å². The Morgan fingerprint density at radius 2 is 1.07 bits per heavy atom. The number of pyridine rings is 3. The first-order chi connectivity index (χ1) is 57.3. The molecule has 2 aliphatic carbocycles. The fourth-order valence-electron chi connectivity index (χ4n) is 14.8. The second kappa shape index (κ2) is 37.6. The SMILES string of the molecule is CC(C)C(=O)c1cc(-c2cccnc2[C@H](Cc2cc(F)cc(F)c2)NC(=O)C(C(C)C)n2ccc(C(F)(F)F)n2)ccc1F.CNC(=O)c1cc(-c2cccnc2[C@H](Cc2cc(F)cc(F)c2)NC(=O)C2(c3ccccc3)CC2)ccc1F.Cc1ccc(-c2nccnc2C(CC(=O)CC2=CCc3ccc(=O)[nH]c32)Cc2cc(F)cc(F)c2)cc1. The first-order valence-electron chi connectivity index (χ1n) is 38.5. The predicted molar refractivity (Wildman–Crippen MR) is 430 cm³/mol. The molecule has 0 aliphatic heterocycles. The van der Waals surface area contributed by atoms with Gasteiger partial charge in [-0.2, -0.15) is 18.3 Å². The van der Waals surface area contributed by atoms with Crippen LogP contribution in [0, 0.1) is 65.3 Å². The number of nitrogens with zero attached hydrogens (tertiary/aromatic N) is 6. The second-order valence-corrected chi connectivity index (χ2v) is 30.1. The Morgan fingerprint density at radius 1 is 0.550 bits per heavy atom. The Hall–Kier alpha value is -13.2. The van der Waals surface area contributed by atoms with Crippen LogP contribution in [0.1, 0.15) is 160 Å². The number of carbonyl (C=O) groups excluding carboxylic acids is 5. The first-order valence-corrected chi connectivity index (χ1v) is 38.5. The van der Waals surface area contributed by atoms with Gasteiger partial charge in [-0.1, -0.05) is 124 Å². The van der Waals surface area contributed by atoms with E-state index in [9.17, 15) is 77.1 Å². The van der Waals surface area contributed by atoms with E-state index in [2.05, 4.69) is 46.0 Å². The monoisotopic (exact) mass is 1640 g/mol. The number of hydrogen-bond acceptors (Lipinski definition) is 11. The number of fused-ring (bicyclic) bond motifs is 1. The molecule has 2 aliphatic rings. The van der Waals surface area contributed by atoms with Gasteiger partial charge in [-0.3, -0.25) is 53.4 Å². The van der Waals surface area contributed by atoms with Gasteiger partial charge in [0.1, 0.15) is 58.4 Å². The largest absolute Gasteiger partial charge is 0.435 e. The van der Waals surface area contributed by atoms with Crippen LogP contribution in [0.4, 0.5) is 48.3 Å². The molecule has 3 amide bonds. The van der Waals surface area contributed by atoms with Crippen LogP contribution in [0.5, 0.6) is 0 Å². The van der Waals surface area contributed by atoms with Crippen molar-refractivity contribution in [3.63, 3.8) is 0 Å². The lowest BCUT2D eigenvalue weighted by Gasteiger charge is -2.26. The molecule has 5 aromatic heterocycles. The fraction of sp³-hybridized carbons (Fsp3) is 0.237. The number of carbonyl (C=O) groups is 5. The Morgan fingerprint density at radius 3 is 1.59 bits per heavy atom. The Balaban J connectivity index is 0.000000166. The summed E-state index contributed by atoms with van der Waals surface area (Å²) in [6, 6.07) is 42.5. The van der Waals surface area contributed by atoms with Gasteiger partial charge < -0.3 is 20.9 Å². The smallest absolute Gasteiger partial charge is 0.355 e. The molecule has 5 heterocycles. The lowest BCUT2D eigenvalue weighted by molar-refractivity contribution is -0.142. The number of H-pyrrole nitrogens is 1. The average Bonchev–Trinajstić information content (AvgIpc) is 1.57. The van der Waals surface area contributed by atoms with Crippen molar-refractivity contribution in [2.24, 2.45) is 11.8 Å². The molecule has 14 rings (SSSR count). The van der Waals surface area contributed by atoms with Gasteiger partial charge in [0.05, 0.1) is 51.4 Å². The van der Waals surface area contributed by atoms with E-state index in [0.717, 1.165) is 75.1 Å². The number of nitrogens with one attached hydrogen (secondary N) is 4. The molecule has 0 spiro atoms. The van der Waals surface area contributed by atoms with Gasteiger partial charge in [0.15, 0.2) is 11.5 Å². The van der Waals surface area contributed by atoms with Gasteiger partial charge in [0.2, 0.25) is 17.4 Å². The number of ketones is 2. The maximum Gasteiger partial charge on any atom is 0.435 e. The minimum absolute atomic E-state index is 0.0544. The number of benzene rings is 7. The van der Waals surface area contributed by atoms with Crippen LogP contribution in [-0.2, 0) is 51.7 Å². The molecule has 1 saturated carbocycles. The summed E-state index contributed by atoms with van der Waals surface area (Å²) in [5, 5.41) is 11.9. The number of hydrogen-bond donors (Lipinski definition) is 4. The number of amides is 3. The Kier molecular flexibility index (Phi) is 27.0. The molecule has 27 heteroatoms. The molecular formula is C93H81F11N10O6. The van der Waals surface area contributed by atoms with Crippen LogP contribution >= 0.6 is 0 Å². The summed E-state index contributed by atoms with van der Waals surface area (Å²) in [5.41, 5.74) is 7.60. The molecule has 0 bridgehead atoms. The number of alkyl halides is 3. The van der Waals surface area contributed by atoms with E-state index in [0.29, 0.717) is 81.5 Å². The van der Waals surface area contributed by atoms with Crippen LogP contribution in [0.15, 0.2) is 230 Å². The van der Waals surface area contributed by atoms with Crippen molar-refractivity contribution < 1.29 is 72.3 Å². The minimum atomic E-state index is -4.72. The molecule has 4 N–H and O–H groups in total. The number of rotatable bonds is 26. The molecule has 16 nitrogen and oxygen atoms in total. The highest BCUT2D eigenvalue weighted by Crippen LogP contribution is 2.49. The van der Waals surface area contributed by atoms with E-state index in [1.165, 1.54) is 73.9 Å². The molecule has 0 radical (unpaired) electrons. The summed E-state index contributed by atoms with van der Waals surface area (Å²) in [6.07, 6.45) is 6.77. The van der Waals surface area contributed by atoms with Crippen molar-refractivity contribution in [3.05, 3.63) is 355 Å². The third-order valence-corrected chi connectivity index (χ3v) is 20.7. The van der Waals surface area contributed by atoms with Gasteiger partial charge in [-0.25, -0.2) is 35.1 Å². The lowest BCUT2D eigenvalue weighted by Crippen LogP contribution is -2.39. The van der Waals surface area contributed by atoms with Gasteiger partial charge in [-0.05, 0) is 175 Å². The van der Waals surface area contributed by atoms with Crippen molar-refractivity contribution >= 4 is 34.9 Å². The van der Waals surface area contributed by atoms with Gasteiger partial charge >= 0.3 is 6.18 Å². The van der Waals surface area contributed by atoms with Crippen molar-refractivity contribution in [2.75, 3.05) is 7.05 Å². The Labute approximate surface area is 683 Å². The summed E-state index contributed by atoms with van der Waals surface area (Å²) in [5.74, 6) is -9.36. The van der Waals surface area contributed by atoms with Crippen LogP contribution in [-0.4, -0.2) is 71.0 Å². The highest BCUT2D eigenvalue weighted by atomic mass is 19.4. The third-order valence-electron chi connectivity index (χ3n) is 20.7. The van der Waals surface area contributed by atoms with Gasteiger partial charge in [0, 0.05) is 109 Å². The maximum absolute atomic E-state index is 14.6. The topological polar surface area (TPSA) is 224 Å². The number of aromatic nitrogens is 7. The highest BCUT2D eigenvalue weighted by Gasteiger charge is 2.52. The molecule has 0 saturated heterocycles. The zero-order valence-corrected chi connectivity index (χ0v) is 65.8. The third kappa shape index (κ3) is 21.0. The first kappa shape index (κ1) is 86.1. The van der Waals surface area contributed by atoms with Crippen molar-refractivity contribution in [3.8, 4) is 33.5 Å². The van der Waals surface area contributed by atoms with E-state index in [4.69, 9.17) is 0 Å². The van der Waals surface area contributed by atoms with E-state index < -0.39 is 117 Å². The van der Waals surface area contributed by atoms with E-state index in [-0.39, 0.29) is 71.7 Å². The van der Waals surface area contributed by atoms with E-state index in [1.54, 1.807) is 76.6 Å². The Bertz CT molecular complexity index is 5830.